The lowest BCUT2D eigenvalue weighted by Gasteiger charge is -2.11. The van der Waals surface area contributed by atoms with Crippen molar-refractivity contribution in [2.24, 2.45) is 22.2 Å². The summed E-state index contributed by atoms with van der Waals surface area (Å²) in [6, 6.07) is 0. The van der Waals surface area contributed by atoms with Crippen molar-refractivity contribution in [2.45, 2.75) is 39.0 Å². The normalized spacial score (nSPS) is 35.9. The molecular weight excluding hydrogens is 186 g/mol. The fraction of sp³-hybridized carbons (Fsp3) is 0.833. The average molecular weight is 207 g/mol. The zero-order chi connectivity index (χ0) is 10.8. The number of nitrogens with zero attached hydrogens (tertiary/aromatic N) is 3. The van der Waals surface area contributed by atoms with Crippen LogP contribution in [0.25, 0.3) is 0 Å². The highest BCUT2D eigenvalue weighted by atomic mass is 15.5. The van der Waals surface area contributed by atoms with Crippen LogP contribution in [0.5, 0.6) is 0 Å². The Kier molecular flexibility index (Phi) is 3.08. The Morgan fingerprint density at radius 2 is 1.80 bits per heavy atom. The first kappa shape index (κ1) is 10.7. The largest absolute Gasteiger partial charge is 0.285 e. The summed E-state index contributed by atoms with van der Waals surface area (Å²) in [4.78, 5) is 0. The van der Waals surface area contributed by atoms with Gasteiger partial charge in [0.25, 0.3) is 0 Å². The minimum Gasteiger partial charge on any atom is -0.285 e. The lowest BCUT2D eigenvalue weighted by atomic mass is 9.99. The summed E-state index contributed by atoms with van der Waals surface area (Å²) in [5.41, 5.74) is 2.68. The maximum atomic E-state index is 4.35. The van der Waals surface area contributed by atoms with Crippen molar-refractivity contribution in [3.63, 3.8) is 0 Å². The van der Waals surface area contributed by atoms with E-state index in [0.29, 0.717) is 0 Å². The lowest BCUT2D eigenvalue weighted by molar-refractivity contribution is 0.402. The predicted molar refractivity (Wildman–Crippen MR) is 61.3 cm³/mol. The zero-order valence-corrected chi connectivity index (χ0v) is 10.0. The van der Waals surface area contributed by atoms with Crippen molar-refractivity contribution >= 4 is 0 Å². The van der Waals surface area contributed by atoms with Gasteiger partial charge in [-0.2, -0.15) is 0 Å². The van der Waals surface area contributed by atoms with Crippen LogP contribution in [0, 0.1) is 11.8 Å². The minimum absolute atomic E-state index is 1.00. The van der Waals surface area contributed by atoms with Gasteiger partial charge in [0.15, 0.2) is 0 Å². The fourth-order valence-electron chi connectivity index (χ4n) is 2.38. The zero-order valence-electron chi connectivity index (χ0n) is 10.0. The molecule has 2 unspecified atom stereocenters. The molecule has 0 N–H and O–H groups in total. The summed E-state index contributed by atoms with van der Waals surface area (Å²) in [5.74, 6) is 2.04. The van der Waals surface area contributed by atoms with Crippen LogP contribution < -0.4 is 0 Å². The molecule has 0 heterocycles. The van der Waals surface area contributed by atoms with Crippen LogP contribution in [0.1, 0.15) is 39.0 Å². The third-order valence-electron chi connectivity index (χ3n) is 3.55. The summed E-state index contributed by atoms with van der Waals surface area (Å²) >= 11 is 0. The molecule has 2 aliphatic carbocycles. The maximum Gasteiger partial charge on any atom is 0.0637 e. The van der Waals surface area contributed by atoms with E-state index >= 15 is 0 Å². The van der Waals surface area contributed by atoms with Crippen LogP contribution in [-0.2, 0) is 0 Å². The summed E-state index contributed by atoms with van der Waals surface area (Å²) in [5, 5.41) is 10.2. The molecule has 3 heteroatoms. The summed E-state index contributed by atoms with van der Waals surface area (Å²) in [7, 11) is 3.83. The van der Waals surface area contributed by atoms with Gasteiger partial charge in [-0.25, -0.2) is 0 Å². The predicted octanol–water partition coefficient (Wildman–Crippen LogP) is 3.40. The van der Waals surface area contributed by atoms with Crippen LogP contribution in [0.2, 0.25) is 0 Å². The topological polar surface area (TPSA) is 28.0 Å². The lowest BCUT2D eigenvalue weighted by Crippen LogP contribution is -2.01. The molecule has 0 aliphatic heterocycles. The Balaban J connectivity index is 2.02. The van der Waals surface area contributed by atoms with E-state index in [2.05, 4.69) is 17.3 Å². The van der Waals surface area contributed by atoms with Crippen LogP contribution >= 0.6 is 0 Å². The molecule has 2 aliphatic rings. The first-order valence-electron chi connectivity index (χ1n) is 5.94. The standard InChI is InChI=1S/C12H21N3/c1-9-4-5-10-8-11(10)6-7-12(9)13-14-15(2)3/h10-11H,4-8H2,1-3H3/b12-9+,14-13?. The van der Waals surface area contributed by atoms with Crippen molar-refractivity contribution in [2.75, 3.05) is 14.1 Å². The van der Waals surface area contributed by atoms with E-state index in [1.54, 1.807) is 5.01 Å². The van der Waals surface area contributed by atoms with Gasteiger partial charge in [-0.05, 0) is 56.4 Å². The third-order valence-corrected chi connectivity index (χ3v) is 3.55. The molecule has 0 spiro atoms. The molecule has 1 saturated carbocycles. The van der Waals surface area contributed by atoms with Gasteiger partial charge >= 0.3 is 0 Å². The van der Waals surface area contributed by atoms with Crippen LogP contribution in [0.15, 0.2) is 21.6 Å². The maximum absolute atomic E-state index is 4.35. The Morgan fingerprint density at radius 3 is 2.47 bits per heavy atom. The third kappa shape index (κ3) is 2.80. The second-order valence-electron chi connectivity index (χ2n) is 5.10. The van der Waals surface area contributed by atoms with E-state index < -0.39 is 0 Å². The number of hydrogen-bond acceptors (Lipinski definition) is 2. The quantitative estimate of drug-likeness (QED) is 0.504. The molecule has 0 aromatic rings. The molecule has 0 radical (unpaired) electrons. The summed E-state index contributed by atoms with van der Waals surface area (Å²) < 4.78 is 0. The van der Waals surface area contributed by atoms with Crippen LogP contribution in [0.4, 0.5) is 0 Å². The molecule has 0 aromatic heterocycles. The van der Waals surface area contributed by atoms with E-state index in [1.165, 1.54) is 37.0 Å². The fourth-order valence-corrected chi connectivity index (χ4v) is 2.38. The molecule has 0 saturated heterocycles. The molecule has 15 heavy (non-hydrogen) atoms. The van der Waals surface area contributed by atoms with Gasteiger partial charge in [-0.15, -0.1) is 5.11 Å². The molecule has 1 fully saturated rings. The molecule has 84 valence electrons. The number of allylic oxidation sites excluding steroid dienone is 2. The Morgan fingerprint density at radius 1 is 1.13 bits per heavy atom. The highest BCUT2D eigenvalue weighted by Gasteiger charge is 2.37. The number of rotatable bonds is 2. The van der Waals surface area contributed by atoms with E-state index in [4.69, 9.17) is 0 Å². The second kappa shape index (κ2) is 4.33. The van der Waals surface area contributed by atoms with Gasteiger partial charge in [0.1, 0.15) is 0 Å². The average Bonchev–Trinajstić information content (AvgIpc) is 2.90. The van der Waals surface area contributed by atoms with E-state index in [1.807, 2.05) is 14.1 Å². The van der Waals surface area contributed by atoms with Gasteiger partial charge in [-0.3, -0.25) is 5.01 Å². The Hall–Kier alpha value is -0.860. The van der Waals surface area contributed by atoms with Crippen molar-refractivity contribution in [3.8, 4) is 0 Å². The monoisotopic (exact) mass is 207 g/mol. The molecule has 3 nitrogen and oxygen atoms in total. The highest BCUT2D eigenvalue weighted by Crippen LogP contribution is 2.48. The van der Waals surface area contributed by atoms with Crippen molar-refractivity contribution in [1.29, 1.82) is 0 Å². The van der Waals surface area contributed by atoms with E-state index in [9.17, 15) is 0 Å². The number of fused-ring (bicyclic) bond motifs is 1. The van der Waals surface area contributed by atoms with Gasteiger partial charge in [0.2, 0.25) is 0 Å². The summed E-state index contributed by atoms with van der Waals surface area (Å²) in [6.45, 7) is 2.22. The van der Waals surface area contributed by atoms with Crippen molar-refractivity contribution in [1.82, 2.24) is 5.01 Å². The van der Waals surface area contributed by atoms with Crippen molar-refractivity contribution < 1.29 is 0 Å². The van der Waals surface area contributed by atoms with Crippen LogP contribution in [-0.4, -0.2) is 19.1 Å². The summed E-state index contributed by atoms with van der Waals surface area (Å²) in [6.07, 6.45) is 6.51. The molecule has 2 atom stereocenters. The Bertz CT molecular complexity index is 291. The first-order chi connectivity index (χ1) is 7.16. The van der Waals surface area contributed by atoms with Gasteiger partial charge in [-0.1, -0.05) is 5.22 Å². The molecule has 0 amide bonds. The first-order valence-corrected chi connectivity index (χ1v) is 5.94. The minimum atomic E-state index is 1.00. The van der Waals surface area contributed by atoms with Gasteiger partial charge in [0.05, 0.1) is 5.70 Å². The molecule has 0 bridgehead atoms. The van der Waals surface area contributed by atoms with E-state index in [-0.39, 0.29) is 0 Å². The van der Waals surface area contributed by atoms with Gasteiger partial charge in [0, 0.05) is 14.1 Å². The highest BCUT2D eigenvalue weighted by molar-refractivity contribution is 5.13. The van der Waals surface area contributed by atoms with Gasteiger partial charge < -0.3 is 0 Å². The smallest absolute Gasteiger partial charge is 0.0637 e. The van der Waals surface area contributed by atoms with Crippen LogP contribution in [0.3, 0.4) is 0 Å². The molecule has 0 aromatic carbocycles. The Labute approximate surface area is 92.2 Å². The SMILES string of the molecule is C/C1=C(\N=NN(C)C)CCC2CC2CC1. The van der Waals surface area contributed by atoms with Crippen molar-refractivity contribution in [3.05, 3.63) is 11.3 Å². The molecule has 2 rings (SSSR count). The van der Waals surface area contributed by atoms with E-state index in [0.717, 1.165) is 18.3 Å². The second-order valence-corrected chi connectivity index (χ2v) is 5.10. The molecular formula is C12H21N3. The number of hydrogen-bond donors (Lipinski definition) is 0.